The molecular weight excluding hydrogens is 372 g/mol. The van der Waals surface area contributed by atoms with Crippen LogP contribution in [0.5, 0.6) is 0 Å². The molecule has 0 atom stereocenters. The maximum absolute atomic E-state index is 12.7. The molecule has 140 valence electrons. The first-order valence-corrected chi connectivity index (χ1v) is 11.5. The molecule has 2 aromatic carbocycles. The second kappa shape index (κ2) is 6.92. The number of aryl methyl sites for hydroxylation is 2. The van der Waals surface area contributed by atoms with Crippen molar-refractivity contribution in [2.45, 2.75) is 31.6 Å². The Bertz CT molecular complexity index is 1010. The fourth-order valence-electron chi connectivity index (χ4n) is 2.91. The van der Waals surface area contributed by atoms with Gasteiger partial charge < -0.3 is 0 Å². The van der Waals surface area contributed by atoms with E-state index in [1.807, 2.05) is 6.92 Å². The van der Waals surface area contributed by atoms with Crippen molar-refractivity contribution in [1.29, 1.82) is 0 Å². The fourth-order valence-corrected chi connectivity index (χ4v) is 5.59. The number of nitrogens with one attached hydrogen (secondary N) is 1. The second-order valence-electron chi connectivity index (χ2n) is 6.34. The summed E-state index contributed by atoms with van der Waals surface area (Å²) in [5, 5.41) is 0. The van der Waals surface area contributed by atoms with E-state index in [1.54, 1.807) is 49.4 Å². The first-order chi connectivity index (χ1) is 12.2. The predicted octanol–water partition coefficient (Wildman–Crippen LogP) is 2.90. The number of hydrogen-bond donors (Lipinski definition) is 1. The van der Waals surface area contributed by atoms with Crippen LogP contribution < -0.4 is 9.03 Å². The van der Waals surface area contributed by atoms with Crippen LogP contribution in [-0.4, -0.2) is 29.1 Å². The molecule has 0 aromatic heterocycles. The van der Waals surface area contributed by atoms with Crippen LogP contribution in [-0.2, 0) is 26.5 Å². The van der Waals surface area contributed by atoms with Gasteiger partial charge in [0, 0.05) is 6.54 Å². The smallest absolute Gasteiger partial charge is 0.261 e. The summed E-state index contributed by atoms with van der Waals surface area (Å²) in [6, 6.07) is 11.7. The Morgan fingerprint density at radius 3 is 2.38 bits per heavy atom. The monoisotopic (exact) mass is 394 g/mol. The number of anilines is 2. The van der Waals surface area contributed by atoms with E-state index in [0.29, 0.717) is 24.3 Å². The summed E-state index contributed by atoms with van der Waals surface area (Å²) in [5.74, 6) is 0.117. The van der Waals surface area contributed by atoms with Gasteiger partial charge in [0.15, 0.2) is 0 Å². The molecule has 0 bridgehead atoms. The molecule has 1 aliphatic heterocycles. The Morgan fingerprint density at radius 1 is 1.12 bits per heavy atom. The molecule has 0 unspecified atom stereocenters. The van der Waals surface area contributed by atoms with Crippen molar-refractivity contribution < 1.29 is 16.8 Å². The molecule has 1 fully saturated rings. The highest BCUT2D eigenvalue weighted by Crippen LogP contribution is 2.29. The van der Waals surface area contributed by atoms with E-state index in [0.717, 1.165) is 17.5 Å². The lowest BCUT2D eigenvalue weighted by Crippen LogP contribution is -2.25. The summed E-state index contributed by atoms with van der Waals surface area (Å²) < 4.78 is 53.5. The van der Waals surface area contributed by atoms with E-state index in [4.69, 9.17) is 0 Å². The van der Waals surface area contributed by atoms with Crippen molar-refractivity contribution in [3.8, 4) is 0 Å². The second-order valence-corrected chi connectivity index (χ2v) is 10.0. The van der Waals surface area contributed by atoms with Crippen molar-refractivity contribution in [2.75, 3.05) is 21.3 Å². The van der Waals surface area contributed by atoms with E-state index >= 15 is 0 Å². The van der Waals surface area contributed by atoms with Crippen molar-refractivity contribution in [2.24, 2.45) is 0 Å². The average molecular weight is 395 g/mol. The van der Waals surface area contributed by atoms with Gasteiger partial charge in [0.2, 0.25) is 10.0 Å². The van der Waals surface area contributed by atoms with Gasteiger partial charge in [0.05, 0.1) is 22.0 Å². The van der Waals surface area contributed by atoms with Gasteiger partial charge in [-0.2, -0.15) is 0 Å². The van der Waals surface area contributed by atoms with Crippen LogP contribution in [0.2, 0.25) is 0 Å². The van der Waals surface area contributed by atoms with E-state index in [-0.39, 0.29) is 10.6 Å². The molecule has 0 spiro atoms. The lowest BCUT2D eigenvalue weighted by Gasteiger charge is -2.19. The zero-order valence-corrected chi connectivity index (χ0v) is 16.4. The minimum Gasteiger partial charge on any atom is -0.279 e. The van der Waals surface area contributed by atoms with Crippen molar-refractivity contribution >= 4 is 31.4 Å². The Hall–Kier alpha value is -2.06. The summed E-state index contributed by atoms with van der Waals surface area (Å²) in [6.07, 6.45) is 1.40. The highest BCUT2D eigenvalue weighted by Gasteiger charge is 2.29. The van der Waals surface area contributed by atoms with Crippen LogP contribution in [0.25, 0.3) is 0 Å². The Labute approximate surface area is 155 Å². The molecule has 26 heavy (non-hydrogen) atoms. The molecule has 0 aliphatic carbocycles. The van der Waals surface area contributed by atoms with Gasteiger partial charge in [-0.15, -0.1) is 0 Å². The maximum atomic E-state index is 12.7. The minimum absolute atomic E-state index is 0.117. The predicted molar refractivity (Wildman–Crippen MR) is 104 cm³/mol. The number of nitrogens with zero attached hydrogens (tertiary/aromatic N) is 1. The molecule has 2 aromatic rings. The quantitative estimate of drug-likeness (QED) is 0.845. The zero-order chi connectivity index (χ0) is 18.9. The summed E-state index contributed by atoms with van der Waals surface area (Å²) in [4.78, 5) is 0.174. The van der Waals surface area contributed by atoms with Crippen LogP contribution in [0.1, 0.15) is 24.5 Å². The van der Waals surface area contributed by atoms with Gasteiger partial charge in [0.1, 0.15) is 0 Å². The van der Waals surface area contributed by atoms with Crippen LogP contribution in [0.3, 0.4) is 0 Å². The van der Waals surface area contributed by atoms with Gasteiger partial charge in [0.25, 0.3) is 10.0 Å². The van der Waals surface area contributed by atoms with Crippen LogP contribution in [0, 0.1) is 6.92 Å². The lowest BCUT2D eigenvalue weighted by atomic mass is 10.2. The third-order valence-corrected chi connectivity index (χ3v) is 7.75. The molecule has 1 heterocycles. The van der Waals surface area contributed by atoms with Gasteiger partial charge in [-0.3, -0.25) is 9.03 Å². The Morgan fingerprint density at radius 2 is 1.81 bits per heavy atom. The third kappa shape index (κ3) is 3.71. The van der Waals surface area contributed by atoms with E-state index in [2.05, 4.69) is 4.72 Å². The number of sulfonamides is 2. The molecule has 8 heteroatoms. The molecule has 1 saturated heterocycles. The summed E-state index contributed by atoms with van der Waals surface area (Å²) >= 11 is 0. The molecule has 3 rings (SSSR count). The maximum Gasteiger partial charge on any atom is 0.261 e. The van der Waals surface area contributed by atoms with Crippen LogP contribution >= 0.6 is 0 Å². The first kappa shape index (κ1) is 18.7. The van der Waals surface area contributed by atoms with Crippen LogP contribution in [0.4, 0.5) is 11.4 Å². The number of hydrogen-bond acceptors (Lipinski definition) is 4. The molecule has 6 nitrogen and oxygen atoms in total. The fraction of sp³-hybridized carbons (Fsp3) is 0.333. The largest absolute Gasteiger partial charge is 0.279 e. The van der Waals surface area contributed by atoms with E-state index < -0.39 is 20.0 Å². The zero-order valence-electron chi connectivity index (χ0n) is 14.8. The third-order valence-electron chi connectivity index (χ3n) is 4.49. The molecule has 0 radical (unpaired) electrons. The van der Waals surface area contributed by atoms with Crippen LogP contribution in [0.15, 0.2) is 47.4 Å². The molecular formula is C18H22N2O4S2. The first-order valence-electron chi connectivity index (χ1n) is 8.46. The van der Waals surface area contributed by atoms with Gasteiger partial charge in [-0.05, 0) is 55.2 Å². The highest BCUT2D eigenvalue weighted by atomic mass is 32.2. The standard InChI is InChI=1S/C18H22N2O4S2/c1-3-15-6-9-17(10-7-15)26(23,24)19-18-13-16(8-5-14(18)2)20-11-4-12-25(20,21)22/h5-10,13,19H,3-4,11-12H2,1-2H3. The number of rotatable bonds is 5. The summed E-state index contributed by atoms with van der Waals surface area (Å²) in [5.41, 5.74) is 2.64. The van der Waals surface area contributed by atoms with Crippen molar-refractivity contribution in [3.63, 3.8) is 0 Å². The van der Waals surface area contributed by atoms with Gasteiger partial charge in [-0.25, -0.2) is 16.8 Å². The minimum atomic E-state index is -3.75. The summed E-state index contributed by atoms with van der Waals surface area (Å²) in [7, 11) is -7.07. The van der Waals surface area contributed by atoms with Crippen molar-refractivity contribution in [1.82, 2.24) is 0 Å². The summed E-state index contributed by atoms with van der Waals surface area (Å²) in [6.45, 7) is 4.19. The SMILES string of the molecule is CCc1ccc(S(=O)(=O)Nc2cc(N3CCCS3(=O)=O)ccc2C)cc1. The number of benzene rings is 2. The molecule has 1 N–H and O–H groups in total. The Kier molecular flexibility index (Phi) is 4.98. The molecule has 1 aliphatic rings. The molecule has 0 saturated carbocycles. The topological polar surface area (TPSA) is 83.6 Å². The Balaban J connectivity index is 1.92. The van der Waals surface area contributed by atoms with Crippen molar-refractivity contribution in [3.05, 3.63) is 53.6 Å². The van der Waals surface area contributed by atoms with Gasteiger partial charge in [-0.1, -0.05) is 25.1 Å². The molecule has 0 amide bonds. The average Bonchev–Trinajstić information content (AvgIpc) is 2.96. The normalized spacial score (nSPS) is 16.6. The van der Waals surface area contributed by atoms with E-state index in [9.17, 15) is 16.8 Å². The van der Waals surface area contributed by atoms with E-state index in [1.165, 1.54) is 4.31 Å². The van der Waals surface area contributed by atoms with Gasteiger partial charge >= 0.3 is 0 Å². The highest BCUT2D eigenvalue weighted by molar-refractivity contribution is 7.93. The lowest BCUT2D eigenvalue weighted by molar-refractivity contribution is 0.598.